The van der Waals surface area contributed by atoms with Crippen LogP contribution in [0.25, 0.3) is 0 Å². The third-order valence-corrected chi connectivity index (χ3v) is 4.15. The number of aryl methyl sites for hydroxylation is 2. The van der Waals surface area contributed by atoms with Crippen LogP contribution in [0, 0.1) is 13.8 Å². The van der Waals surface area contributed by atoms with Gasteiger partial charge in [-0.1, -0.05) is 0 Å². The molecule has 0 bridgehead atoms. The van der Waals surface area contributed by atoms with E-state index >= 15 is 0 Å². The lowest BCUT2D eigenvalue weighted by molar-refractivity contribution is 0.0719. The van der Waals surface area contributed by atoms with E-state index in [1.54, 1.807) is 12.3 Å². The number of carbonyl (C=O) groups is 1. The van der Waals surface area contributed by atoms with Crippen LogP contribution in [0.4, 0.5) is 0 Å². The van der Waals surface area contributed by atoms with Gasteiger partial charge in [-0.15, -0.1) is 0 Å². The first-order chi connectivity index (χ1) is 10.6. The van der Waals surface area contributed by atoms with Gasteiger partial charge in [-0.2, -0.15) is 10.2 Å². The minimum absolute atomic E-state index is 0.00574. The molecule has 2 aromatic rings. The van der Waals surface area contributed by atoms with Crippen LogP contribution >= 0.6 is 0 Å². The van der Waals surface area contributed by atoms with Gasteiger partial charge < -0.3 is 4.90 Å². The first-order valence-corrected chi connectivity index (χ1v) is 7.42. The van der Waals surface area contributed by atoms with Gasteiger partial charge in [0.15, 0.2) is 0 Å². The van der Waals surface area contributed by atoms with Crippen LogP contribution in [0.15, 0.2) is 23.1 Å². The van der Waals surface area contributed by atoms with Crippen molar-refractivity contribution < 1.29 is 4.79 Å². The lowest BCUT2D eigenvalue weighted by atomic mass is 10.1. The van der Waals surface area contributed by atoms with E-state index in [-0.39, 0.29) is 17.5 Å². The number of hydrogen-bond donors (Lipinski definition) is 1. The SMILES string of the molecule is Cc1n[nH]c(C)c1C(=O)N1CCCC1Cn1ncccc1=O. The van der Waals surface area contributed by atoms with Crippen LogP contribution in [0.3, 0.4) is 0 Å². The Morgan fingerprint density at radius 1 is 1.45 bits per heavy atom. The summed E-state index contributed by atoms with van der Waals surface area (Å²) in [5, 5.41) is 11.0. The van der Waals surface area contributed by atoms with Crippen molar-refractivity contribution in [3.8, 4) is 0 Å². The van der Waals surface area contributed by atoms with E-state index in [2.05, 4.69) is 15.3 Å². The number of H-pyrrole nitrogens is 1. The third kappa shape index (κ3) is 2.54. The molecule has 0 saturated carbocycles. The number of hydrogen-bond acceptors (Lipinski definition) is 4. The van der Waals surface area contributed by atoms with Crippen LogP contribution < -0.4 is 5.56 Å². The Balaban J connectivity index is 1.83. The Morgan fingerprint density at radius 2 is 2.27 bits per heavy atom. The molecular formula is C15H19N5O2. The van der Waals surface area contributed by atoms with Gasteiger partial charge in [-0.05, 0) is 32.8 Å². The summed E-state index contributed by atoms with van der Waals surface area (Å²) in [6.45, 7) is 4.81. The number of aromatic nitrogens is 4. The zero-order valence-electron chi connectivity index (χ0n) is 12.7. The van der Waals surface area contributed by atoms with Crippen LogP contribution in [0.5, 0.6) is 0 Å². The summed E-state index contributed by atoms with van der Waals surface area (Å²) < 4.78 is 1.42. The molecule has 1 fully saturated rings. The van der Waals surface area contributed by atoms with Crippen molar-refractivity contribution in [2.75, 3.05) is 6.54 Å². The molecule has 0 aromatic carbocycles. The molecule has 1 unspecified atom stereocenters. The fourth-order valence-corrected chi connectivity index (χ4v) is 3.03. The molecule has 7 heteroatoms. The Bertz CT molecular complexity index is 729. The molecule has 1 amide bonds. The van der Waals surface area contributed by atoms with Crippen molar-refractivity contribution in [3.05, 3.63) is 45.6 Å². The zero-order chi connectivity index (χ0) is 15.7. The average molecular weight is 301 g/mol. The van der Waals surface area contributed by atoms with E-state index in [0.29, 0.717) is 24.3 Å². The van der Waals surface area contributed by atoms with Crippen molar-refractivity contribution in [2.24, 2.45) is 0 Å². The quantitative estimate of drug-likeness (QED) is 0.912. The van der Waals surface area contributed by atoms with E-state index in [1.807, 2.05) is 18.7 Å². The molecule has 0 radical (unpaired) electrons. The number of nitrogens with one attached hydrogen (secondary N) is 1. The highest BCUT2D eigenvalue weighted by atomic mass is 16.2. The van der Waals surface area contributed by atoms with Gasteiger partial charge in [0.2, 0.25) is 0 Å². The molecule has 116 valence electrons. The smallest absolute Gasteiger partial charge is 0.266 e. The van der Waals surface area contributed by atoms with Gasteiger partial charge >= 0.3 is 0 Å². The van der Waals surface area contributed by atoms with Crippen molar-refractivity contribution in [3.63, 3.8) is 0 Å². The first-order valence-electron chi connectivity index (χ1n) is 7.42. The molecule has 3 heterocycles. The number of likely N-dealkylation sites (tertiary alicyclic amines) is 1. The molecule has 2 aromatic heterocycles. The highest BCUT2D eigenvalue weighted by Gasteiger charge is 2.32. The van der Waals surface area contributed by atoms with Gasteiger partial charge in [0.05, 0.1) is 23.8 Å². The molecule has 7 nitrogen and oxygen atoms in total. The number of rotatable bonds is 3. The minimum Gasteiger partial charge on any atom is -0.334 e. The van der Waals surface area contributed by atoms with Gasteiger partial charge in [0.1, 0.15) is 0 Å². The standard InChI is InChI=1S/C15H19N5O2/c1-10-14(11(2)18-17-10)15(22)19-8-4-5-12(19)9-20-13(21)6-3-7-16-20/h3,6-7,12H,4-5,8-9H2,1-2H3,(H,17,18). The molecule has 1 saturated heterocycles. The molecule has 1 aliphatic rings. The molecule has 0 spiro atoms. The number of amides is 1. The Morgan fingerprint density at radius 3 is 2.95 bits per heavy atom. The van der Waals surface area contributed by atoms with E-state index in [1.165, 1.54) is 10.7 Å². The summed E-state index contributed by atoms with van der Waals surface area (Å²) in [6.07, 6.45) is 3.41. The normalized spacial score (nSPS) is 17.9. The maximum atomic E-state index is 12.8. The first kappa shape index (κ1) is 14.5. The molecular weight excluding hydrogens is 282 g/mol. The summed E-state index contributed by atoms with van der Waals surface area (Å²) in [5.41, 5.74) is 1.99. The molecule has 1 atom stereocenters. The fraction of sp³-hybridized carbons (Fsp3) is 0.467. The molecule has 0 aliphatic carbocycles. The van der Waals surface area contributed by atoms with Crippen LogP contribution in [-0.2, 0) is 6.54 Å². The van der Waals surface area contributed by atoms with E-state index < -0.39 is 0 Å². The average Bonchev–Trinajstić information content (AvgIpc) is 3.08. The second-order valence-corrected chi connectivity index (χ2v) is 5.65. The second kappa shape index (κ2) is 5.75. The Kier molecular flexibility index (Phi) is 3.79. The maximum Gasteiger partial charge on any atom is 0.266 e. The lowest BCUT2D eigenvalue weighted by Crippen LogP contribution is -2.40. The summed E-state index contributed by atoms with van der Waals surface area (Å²) in [7, 11) is 0. The largest absolute Gasteiger partial charge is 0.334 e. The van der Waals surface area contributed by atoms with Crippen molar-refractivity contribution in [1.82, 2.24) is 24.9 Å². The van der Waals surface area contributed by atoms with Crippen molar-refractivity contribution in [2.45, 2.75) is 39.3 Å². The highest BCUT2D eigenvalue weighted by Crippen LogP contribution is 2.23. The molecule has 1 N–H and O–H groups in total. The van der Waals surface area contributed by atoms with Gasteiger partial charge in [0, 0.05) is 24.5 Å². The Labute approximate surface area is 128 Å². The van der Waals surface area contributed by atoms with Crippen LogP contribution in [0.1, 0.15) is 34.6 Å². The lowest BCUT2D eigenvalue weighted by Gasteiger charge is -2.25. The van der Waals surface area contributed by atoms with Crippen molar-refractivity contribution >= 4 is 5.91 Å². The van der Waals surface area contributed by atoms with E-state index in [9.17, 15) is 9.59 Å². The molecule has 22 heavy (non-hydrogen) atoms. The van der Waals surface area contributed by atoms with Crippen LogP contribution in [0.2, 0.25) is 0 Å². The molecule has 1 aliphatic heterocycles. The predicted octanol–water partition coefficient (Wildman–Crippen LogP) is 0.888. The summed E-state index contributed by atoms with van der Waals surface area (Å²) in [5.74, 6) is -0.0183. The number of aromatic amines is 1. The van der Waals surface area contributed by atoms with E-state index in [4.69, 9.17) is 0 Å². The summed E-state index contributed by atoms with van der Waals surface area (Å²) in [6, 6.07) is 3.10. The monoisotopic (exact) mass is 301 g/mol. The van der Waals surface area contributed by atoms with Crippen molar-refractivity contribution in [1.29, 1.82) is 0 Å². The minimum atomic E-state index is -0.141. The second-order valence-electron chi connectivity index (χ2n) is 5.65. The molecule has 3 rings (SSSR count). The van der Waals surface area contributed by atoms with Gasteiger partial charge in [-0.3, -0.25) is 14.7 Å². The number of carbonyl (C=O) groups excluding carboxylic acids is 1. The zero-order valence-corrected chi connectivity index (χ0v) is 12.7. The summed E-state index contributed by atoms with van der Waals surface area (Å²) in [4.78, 5) is 26.4. The van der Waals surface area contributed by atoms with E-state index in [0.717, 1.165) is 18.5 Å². The predicted molar refractivity (Wildman–Crippen MR) is 80.6 cm³/mol. The fourth-order valence-electron chi connectivity index (χ4n) is 3.03. The third-order valence-electron chi connectivity index (χ3n) is 4.15. The topological polar surface area (TPSA) is 83.9 Å². The highest BCUT2D eigenvalue weighted by molar-refractivity contribution is 5.96. The van der Waals surface area contributed by atoms with Crippen LogP contribution in [-0.4, -0.2) is 43.4 Å². The summed E-state index contributed by atoms with van der Waals surface area (Å²) >= 11 is 0. The Hall–Kier alpha value is -2.44. The maximum absolute atomic E-state index is 12.8. The van der Waals surface area contributed by atoms with Gasteiger partial charge in [0.25, 0.3) is 11.5 Å². The number of nitrogens with zero attached hydrogens (tertiary/aromatic N) is 4. The van der Waals surface area contributed by atoms with Gasteiger partial charge in [-0.25, -0.2) is 4.68 Å².